The second-order valence-corrected chi connectivity index (χ2v) is 25.9. The van der Waals surface area contributed by atoms with Gasteiger partial charge in [-0.25, -0.2) is 28.6 Å². The quantitative estimate of drug-likeness (QED) is 0.0371. The Morgan fingerprint density at radius 2 is 1.76 bits per heavy atom. The second kappa shape index (κ2) is 22.2. The van der Waals surface area contributed by atoms with Crippen molar-refractivity contribution >= 4 is 74.9 Å². The van der Waals surface area contributed by atoms with E-state index in [9.17, 15) is 67.8 Å². The van der Waals surface area contributed by atoms with Crippen molar-refractivity contribution in [3.8, 4) is 0 Å². The number of nitrogens with two attached hydrogens (primary N) is 1. The number of hydrogen-bond donors (Lipinski definition) is 10. The summed E-state index contributed by atoms with van der Waals surface area (Å²) in [5.41, 5.74) is 4.48. The molecule has 3 saturated carbocycles. The number of nitrogens with one attached hydrogen (secondary N) is 2. The maximum atomic E-state index is 13.6. The van der Waals surface area contributed by atoms with Crippen molar-refractivity contribution < 1.29 is 95.4 Å². The number of imidazole rings is 1. The first-order chi connectivity index (χ1) is 34.4. The van der Waals surface area contributed by atoms with Crippen molar-refractivity contribution in [3.63, 3.8) is 0 Å². The number of nitrogen functional groups attached to an aromatic ring is 1. The number of ether oxygens (including phenoxy) is 1. The molecule has 0 radical (unpaired) electrons. The zero-order valence-electron chi connectivity index (χ0n) is 41.2. The lowest BCUT2D eigenvalue weighted by atomic mass is 9.44. The number of amides is 2. The van der Waals surface area contributed by atoms with Crippen molar-refractivity contribution in [1.29, 1.82) is 0 Å². The number of rotatable bonds is 21. The van der Waals surface area contributed by atoms with Gasteiger partial charge in [0.1, 0.15) is 24.1 Å². The van der Waals surface area contributed by atoms with Crippen molar-refractivity contribution in [2.24, 2.45) is 51.8 Å². The van der Waals surface area contributed by atoms with Crippen LogP contribution in [0.4, 0.5) is 5.82 Å². The molecule has 1 aliphatic heterocycles. The SMILES string of the molecule is CC1CC2=CC(=O)C=CC2(C)C2CC(O)C3(C)C(C(C)C(=O)SCCNC(=O)CCNC(=O)C(O)C(C)(C)COP(=O)(O)OP(=O)(O)OOC4OC(n5cnc6c(N)ncnc65)C(O)C4OP(=O)(O)O)CCC3C12. The average molecular weight is 1120 g/mol. The van der Waals surface area contributed by atoms with Gasteiger partial charge in [0.15, 0.2) is 34.7 Å². The molecule has 11 N–H and O–H groups in total. The number of aliphatic hydroxyl groups is 3. The van der Waals surface area contributed by atoms with Gasteiger partial charge in [0, 0.05) is 47.4 Å². The van der Waals surface area contributed by atoms with Gasteiger partial charge in [-0.3, -0.25) is 32.8 Å². The maximum Gasteiger partial charge on any atom is 0.508 e. The first-order valence-corrected chi connectivity index (χ1v) is 29.3. The minimum absolute atomic E-state index is 0.00377. The lowest BCUT2D eigenvalue weighted by Gasteiger charge is -2.61. The van der Waals surface area contributed by atoms with Crippen LogP contribution >= 0.6 is 35.2 Å². The molecule has 2 aromatic rings. The van der Waals surface area contributed by atoms with Gasteiger partial charge in [-0.1, -0.05) is 65.0 Å². The van der Waals surface area contributed by atoms with Gasteiger partial charge in [-0.05, 0) is 67.4 Å². The van der Waals surface area contributed by atoms with Gasteiger partial charge in [0.2, 0.25) is 18.1 Å². The summed E-state index contributed by atoms with van der Waals surface area (Å²) in [5, 5.41) is 38.5. The van der Waals surface area contributed by atoms with Crippen LogP contribution in [-0.2, 0) is 60.5 Å². The molecule has 412 valence electrons. The Hall–Kier alpha value is -3.37. The highest BCUT2D eigenvalue weighted by atomic mass is 32.2. The lowest BCUT2D eigenvalue weighted by molar-refractivity contribution is -0.338. The molecule has 3 heterocycles. The predicted molar refractivity (Wildman–Crippen MR) is 259 cm³/mol. The van der Waals surface area contributed by atoms with E-state index < -0.39 is 89.7 Å². The molecule has 16 atom stereocenters. The summed E-state index contributed by atoms with van der Waals surface area (Å²) in [4.78, 5) is 107. The Bertz CT molecular complexity index is 2690. The molecule has 1 saturated heterocycles. The number of aromatic nitrogens is 4. The third kappa shape index (κ3) is 12.3. The number of phosphoric acid groups is 3. The molecular weight excluding hydrogens is 1060 g/mol. The molecule has 31 heteroatoms. The number of carbonyl (C=O) groups is 4. The van der Waals surface area contributed by atoms with Gasteiger partial charge in [0.05, 0.1) is 19.0 Å². The third-order valence-corrected chi connectivity index (χ3v) is 19.5. The second-order valence-electron chi connectivity index (χ2n) is 20.7. The molecule has 27 nitrogen and oxygen atoms in total. The lowest BCUT2D eigenvalue weighted by Crippen LogP contribution is -2.58. The number of hydrogen-bond acceptors (Lipinski definition) is 21. The number of anilines is 1. The van der Waals surface area contributed by atoms with E-state index in [4.69, 9.17) is 15.0 Å². The average Bonchev–Trinajstić information content (AvgIpc) is 3.99. The first kappa shape index (κ1) is 58.3. The molecule has 0 aromatic carbocycles. The molecule has 0 bridgehead atoms. The fourth-order valence-electron chi connectivity index (χ4n) is 11.7. The van der Waals surface area contributed by atoms with Crippen molar-refractivity contribution in [2.45, 2.75) is 111 Å². The molecule has 0 spiro atoms. The number of carbonyl (C=O) groups excluding carboxylic acids is 4. The monoisotopic (exact) mass is 1120 g/mol. The molecule has 4 aliphatic carbocycles. The Kier molecular flexibility index (Phi) is 17.5. The third-order valence-electron chi connectivity index (χ3n) is 15.5. The summed E-state index contributed by atoms with van der Waals surface area (Å²) in [6.45, 7) is 9.88. The molecule has 4 fully saturated rings. The summed E-state index contributed by atoms with van der Waals surface area (Å²) < 4.78 is 61.4. The number of ketones is 1. The highest BCUT2D eigenvalue weighted by molar-refractivity contribution is 8.13. The fraction of sp³-hybridized carbons (Fsp3) is 0.698. The van der Waals surface area contributed by atoms with Gasteiger partial charge < -0.3 is 56.0 Å². The van der Waals surface area contributed by atoms with E-state index in [1.807, 2.05) is 13.0 Å². The van der Waals surface area contributed by atoms with Gasteiger partial charge in [-0.15, -0.1) is 4.67 Å². The number of allylic oxidation sites excluding steroid dienone is 4. The number of thioether (sulfide) groups is 1. The van der Waals surface area contributed by atoms with E-state index in [1.165, 1.54) is 13.8 Å². The zero-order chi connectivity index (χ0) is 54.5. The van der Waals surface area contributed by atoms with Gasteiger partial charge in [-0.2, -0.15) is 9.20 Å². The van der Waals surface area contributed by atoms with Crippen molar-refractivity contribution in [1.82, 2.24) is 30.2 Å². The van der Waals surface area contributed by atoms with Gasteiger partial charge in [0.25, 0.3) is 0 Å². The Labute approximate surface area is 429 Å². The Balaban J connectivity index is 0.815. The van der Waals surface area contributed by atoms with Crippen LogP contribution in [0.25, 0.3) is 11.2 Å². The molecule has 74 heavy (non-hydrogen) atoms. The van der Waals surface area contributed by atoms with Crippen LogP contribution in [0.2, 0.25) is 0 Å². The van der Waals surface area contributed by atoms with E-state index >= 15 is 0 Å². The summed E-state index contributed by atoms with van der Waals surface area (Å²) in [5.74, 6) is -0.589. The van der Waals surface area contributed by atoms with Crippen LogP contribution in [0.3, 0.4) is 0 Å². The summed E-state index contributed by atoms with van der Waals surface area (Å²) in [7, 11) is -16.9. The Morgan fingerprint density at radius 1 is 1.04 bits per heavy atom. The molecule has 2 amide bonds. The van der Waals surface area contributed by atoms with E-state index in [2.05, 4.69) is 64.8 Å². The largest absolute Gasteiger partial charge is 0.508 e. The number of aliphatic hydroxyl groups excluding tert-OH is 3. The van der Waals surface area contributed by atoms with E-state index in [-0.39, 0.29) is 82.2 Å². The summed E-state index contributed by atoms with van der Waals surface area (Å²) in [6.07, 6.45) is -0.164. The number of fused-ring (bicyclic) bond motifs is 6. The normalized spacial score (nSPS) is 33.4. The Morgan fingerprint density at radius 3 is 2.46 bits per heavy atom. The molecule has 5 aliphatic rings. The molecule has 7 rings (SSSR count). The van der Waals surface area contributed by atoms with E-state index in [1.54, 1.807) is 12.2 Å². The highest BCUT2D eigenvalue weighted by Gasteiger charge is 2.64. The molecule has 16 unspecified atom stereocenters. The standard InChI is InChI=1S/C43H64N7O20P3S/c1-21-15-23-16-24(51)9-11-42(23,5)27-17-28(52)43(6)25(7-8-26(43)30(21)27)22(2)39(57)74-14-13-45-29(53)10-12-46-37(56)34(55)41(3,4)18-65-72(61,62)70-73(63,64)69-67-40-33(68-71(58,59)60)32(54)38(66-40)50-20-49-31-35(44)47-19-48-36(31)50/h9,11,16,19-22,25-28,30,32-34,38,40,52,54-55H,7-8,10,12-15,17-18H2,1-6H3,(H,45,53)(H,46,56)(H,61,62)(H,63,64)(H2,44,47,48)(H2,58,59,60). The highest BCUT2D eigenvalue weighted by Crippen LogP contribution is 2.68. The van der Waals surface area contributed by atoms with Crippen LogP contribution in [0.1, 0.15) is 79.9 Å². The number of phosphoric ester groups is 2. The number of nitrogens with zero attached hydrogens (tertiary/aromatic N) is 4. The van der Waals surface area contributed by atoms with Gasteiger partial charge >= 0.3 is 23.5 Å². The van der Waals surface area contributed by atoms with Crippen molar-refractivity contribution in [3.05, 3.63) is 36.5 Å². The zero-order valence-corrected chi connectivity index (χ0v) is 44.7. The smallest absolute Gasteiger partial charge is 0.393 e. The van der Waals surface area contributed by atoms with Crippen LogP contribution in [0.5, 0.6) is 0 Å². The van der Waals surface area contributed by atoms with E-state index in [0.29, 0.717) is 18.3 Å². The minimum Gasteiger partial charge on any atom is -0.393 e. The van der Waals surface area contributed by atoms with Crippen LogP contribution in [0.15, 0.2) is 36.5 Å². The van der Waals surface area contributed by atoms with E-state index in [0.717, 1.165) is 53.8 Å². The topological polar surface area (TPSA) is 410 Å². The fourth-order valence-corrected chi connectivity index (χ4v) is 15.1. The summed E-state index contributed by atoms with van der Waals surface area (Å²) in [6, 6.07) is 0. The maximum absolute atomic E-state index is 13.6. The molecule has 2 aromatic heterocycles. The van der Waals surface area contributed by atoms with Crippen LogP contribution in [-0.4, -0.2) is 133 Å². The minimum atomic E-state index is -5.83. The van der Waals surface area contributed by atoms with Crippen LogP contribution < -0.4 is 16.4 Å². The van der Waals surface area contributed by atoms with Crippen LogP contribution in [0, 0.1) is 51.8 Å². The molecular formula is C43H64N7O20P3S. The first-order valence-electron chi connectivity index (χ1n) is 23.8. The van der Waals surface area contributed by atoms with Crippen molar-refractivity contribution in [2.75, 3.05) is 31.2 Å². The predicted octanol–water partition coefficient (Wildman–Crippen LogP) is 2.33. The summed E-state index contributed by atoms with van der Waals surface area (Å²) >= 11 is 1.11.